The predicted molar refractivity (Wildman–Crippen MR) is 93.5 cm³/mol. The molecular weight excluding hydrogens is 340 g/mol. The van der Waals surface area contributed by atoms with Gasteiger partial charge in [0.2, 0.25) is 10.0 Å². The molecule has 2 N–H and O–H groups in total. The third-order valence-electron chi connectivity index (χ3n) is 4.89. The molecule has 2 aromatic rings. The van der Waals surface area contributed by atoms with Crippen molar-refractivity contribution in [3.8, 4) is 0 Å². The van der Waals surface area contributed by atoms with Crippen molar-refractivity contribution in [3.05, 3.63) is 41.5 Å². The number of pyridine rings is 1. The molecule has 0 amide bonds. The van der Waals surface area contributed by atoms with Crippen LogP contribution in [0.15, 0.2) is 29.3 Å². The van der Waals surface area contributed by atoms with Gasteiger partial charge >= 0.3 is 0 Å². The van der Waals surface area contributed by atoms with Gasteiger partial charge in [-0.2, -0.15) is 5.10 Å². The number of nitrogens with one attached hydrogen (secondary N) is 1. The molecule has 0 aliphatic heterocycles. The highest BCUT2D eigenvalue weighted by atomic mass is 32.2. The Morgan fingerprint density at radius 1 is 1.36 bits per heavy atom. The van der Waals surface area contributed by atoms with Crippen molar-refractivity contribution in [2.75, 3.05) is 0 Å². The fraction of sp³-hybridized carbons (Fsp3) is 0.529. The molecule has 0 unspecified atom stereocenters. The Morgan fingerprint density at radius 2 is 2.08 bits per heavy atom. The van der Waals surface area contributed by atoms with Gasteiger partial charge in [-0.25, -0.2) is 13.1 Å². The van der Waals surface area contributed by atoms with Crippen molar-refractivity contribution in [1.29, 1.82) is 0 Å². The molecule has 1 fully saturated rings. The van der Waals surface area contributed by atoms with Crippen LogP contribution in [0.1, 0.15) is 29.9 Å². The fourth-order valence-corrected chi connectivity index (χ4v) is 5.15. The zero-order chi connectivity index (χ0) is 18.2. The maximum atomic E-state index is 13.0. The van der Waals surface area contributed by atoms with Gasteiger partial charge in [-0.05, 0) is 44.7 Å². The summed E-state index contributed by atoms with van der Waals surface area (Å²) in [5.74, 6) is 0.101. The van der Waals surface area contributed by atoms with Crippen LogP contribution < -0.4 is 4.72 Å². The number of nitrogens with zero attached hydrogens (tertiary/aromatic N) is 3. The highest BCUT2D eigenvalue weighted by molar-refractivity contribution is 7.89. The van der Waals surface area contributed by atoms with E-state index in [1.54, 1.807) is 31.8 Å². The maximum Gasteiger partial charge on any atom is 0.244 e. The Morgan fingerprint density at radius 3 is 2.60 bits per heavy atom. The molecule has 1 aliphatic carbocycles. The molecular formula is C17H24N4O3S. The molecule has 2 aromatic heterocycles. The van der Waals surface area contributed by atoms with Crippen LogP contribution in [0.2, 0.25) is 0 Å². The van der Waals surface area contributed by atoms with Gasteiger partial charge in [0.15, 0.2) is 0 Å². The minimum absolute atomic E-state index is 0.101. The molecule has 25 heavy (non-hydrogen) atoms. The van der Waals surface area contributed by atoms with Crippen LogP contribution in [0.4, 0.5) is 0 Å². The number of hydrogen-bond acceptors (Lipinski definition) is 5. The van der Waals surface area contributed by atoms with Gasteiger partial charge in [0, 0.05) is 31.4 Å². The van der Waals surface area contributed by atoms with E-state index >= 15 is 0 Å². The lowest BCUT2D eigenvalue weighted by Gasteiger charge is -2.37. The van der Waals surface area contributed by atoms with E-state index in [9.17, 15) is 13.5 Å². The van der Waals surface area contributed by atoms with Crippen molar-refractivity contribution in [2.45, 2.75) is 50.2 Å². The monoisotopic (exact) mass is 364 g/mol. The third-order valence-corrected chi connectivity index (χ3v) is 6.63. The average Bonchev–Trinajstić information content (AvgIpc) is 2.77. The molecule has 0 bridgehead atoms. The molecule has 136 valence electrons. The van der Waals surface area contributed by atoms with Crippen molar-refractivity contribution < 1.29 is 13.5 Å². The molecule has 3 rings (SSSR count). The average molecular weight is 364 g/mol. The molecule has 0 spiro atoms. The molecule has 0 saturated heterocycles. The summed E-state index contributed by atoms with van der Waals surface area (Å²) in [6, 6.07) is 5.30. The molecule has 1 atom stereocenters. The SMILES string of the molecule is Cc1nn(C)c(C)c1S(=O)(=O)N[C@@H](Cc1ccccn1)C1CC(O)C1. The van der Waals surface area contributed by atoms with Crippen LogP contribution in [-0.2, 0) is 23.5 Å². The van der Waals surface area contributed by atoms with Crippen molar-refractivity contribution in [3.63, 3.8) is 0 Å². The Labute approximate surface area is 148 Å². The number of rotatable bonds is 6. The standard InChI is InChI=1S/C17H24N4O3S/c1-11-17(12(2)21(3)19-11)25(23,24)20-16(13-8-15(22)9-13)10-14-6-4-5-7-18-14/h4-7,13,15-16,20,22H,8-10H2,1-3H3/t13?,15?,16-/m0/s1. The van der Waals surface area contributed by atoms with Crippen molar-refractivity contribution in [2.24, 2.45) is 13.0 Å². The Kier molecular flexibility index (Phi) is 4.95. The lowest BCUT2D eigenvalue weighted by molar-refractivity contribution is 0.0282. The minimum Gasteiger partial charge on any atom is -0.393 e. The van der Waals surface area contributed by atoms with E-state index in [1.807, 2.05) is 18.2 Å². The Balaban J connectivity index is 1.86. The molecule has 0 radical (unpaired) electrons. The van der Waals surface area contributed by atoms with Gasteiger partial charge in [0.1, 0.15) is 4.90 Å². The maximum absolute atomic E-state index is 13.0. The molecule has 1 aliphatic rings. The summed E-state index contributed by atoms with van der Waals surface area (Å²) in [4.78, 5) is 4.54. The smallest absolute Gasteiger partial charge is 0.244 e. The normalized spacial score (nSPS) is 21.8. The van der Waals surface area contributed by atoms with Crippen LogP contribution in [0.3, 0.4) is 0 Å². The van der Waals surface area contributed by atoms with Gasteiger partial charge in [0.05, 0.1) is 17.5 Å². The van der Waals surface area contributed by atoms with Gasteiger partial charge in [-0.3, -0.25) is 9.67 Å². The summed E-state index contributed by atoms with van der Waals surface area (Å²) in [6.07, 6.45) is 3.06. The van der Waals surface area contributed by atoms with Crippen LogP contribution >= 0.6 is 0 Å². The van der Waals surface area contributed by atoms with Crippen LogP contribution in [-0.4, -0.2) is 40.4 Å². The van der Waals surface area contributed by atoms with E-state index in [0.717, 1.165) is 5.69 Å². The largest absolute Gasteiger partial charge is 0.393 e. The molecule has 2 heterocycles. The number of aromatic nitrogens is 3. The number of aryl methyl sites for hydroxylation is 2. The lowest BCUT2D eigenvalue weighted by atomic mass is 9.76. The second-order valence-corrected chi connectivity index (χ2v) is 8.41. The number of aliphatic hydroxyl groups excluding tert-OH is 1. The van der Waals surface area contributed by atoms with E-state index in [4.69, 9.17) is 0 Å². The molecule has 7 nitrogen and oxygen atoms in total. The van der Waals surface area contributed by atoms with Crippen molar-refractivity contribution in [1.82, 2.24) is 19.5 Å². The first kappa shape index (κ1) is 18.0. The first-order valence-corrected chi connectivity index (χ1v) is 9.86. The van der Waals surface area contributed by atoms with Crippen molar-refractivity contribution >= 4 is 10.0 Å². The van der Waals surface area contributed by atoms with E-state index in [-0.39, 0.29) is 23.0 Å². The van der Waals surface area contributed by atoms with Gasteiger partial charge < -0.3 is 5.11 Å². The van der Waals surface area contributed by atoms with E-state index in [2.05, 4.69) is 14.8 Å². The quantitative estimate of drug-likeness (QED) is 0.800. The van der Waals surface area contributed by atoms with Gasteiger partial charge in [0.25, 0.3) is 0 Å². The highest BCUT2D eigenvalue weighted by Crippen LogP contribution is 2.32. The minimum atomic E-state index is -3.70. The van der Waals surface area contributed by atoms with Crippen LogP contribution in [0, 0.1) is 19.8 Å². The fourth-order valence-electron chi connectivity index (χ4n) is 3.41. The lowest BCUT2D eigenvalue weighted by Crippen LogP contribution is -2.48. The van der Waals surface area contributed by atoms with E-state index in [1.165, 1.54) is 0 Å². The zero-order valence-corrected chi connectivity index (χ0v) is 15.5. The highest BCUT2D eigenvalue weighted by Gasteiger charge is 2.37. The van der Waals surface area contributed by atoms with Crippen LogP contribution in [0.5, 0.6) is 0 Å². The summed E-state index contributed by atoms with van der Waals surface area (Å²) in [5, 5.41) is 13.8. The number of hydrogen-bond donors (Lipinski definition) is 2. The third kappa shape index (κ3) is 3.75. The number of sulfonamides is 1. The second-order valence-electron chi connectivity index (χ2n) is 6.76. The Hall–Kier alpha value is -1.77. The molecule has 1 saturated carbocycles. The summed E-state index contributed by atoms with van der Waals surface area (Å²) in [6.45, 7) is 3.44. The van der Waals surface area contributed by atoms with Gasteiger partial charge in [-0.1, -0.05) is 6.07 Å². The summed E-state index contributed by atoms with van der Waals surface area (Å²) < 4.78 is 30.4. The first-order chi connectivity index (χ1) is 11.8. The second kappa shape index (κ2) is 6.86. The van der Waals surface area contributed by atoms with E-state index < -0.39 is 10.0 Å². The predicted octanol–water partition coefficient (Wildman–Crippen LogP) is 1.09. The topological polar surface area (TPSA) is 97.1 Å². The zero-order valence-electron chi connectivity index (χ0n) is 14.7. The van der Waals surface area contributed by atoms with E-state index in [0.29, 0.717) is 30.7 Å². The molecule has 8 heteroatoms. The molecule has 0 aromatic carbocycles. The first-order valence-electron chi connectivity index (χ1n) is 8.38. The number of aliphatic hydroxyl groups is 1. The summed E-state index contributed by atoms with van der Waals surface area (Å²) in [5.41, 5.74) is 1.92. The Bertz CT molecular complexity index is 842. The van der Waals surface area contributed by atoms with Gasteiger partial charge in [-0.15, -0.1) is 0 Å². The van der Waals surface area contributed by atoms with Crippen LogP contribution in [0.25, 0.3) is 0 Å². The summed E-state index contributed by atoms with van der Waals surface area (Å²) in [7, 11) is -1.97. The summed E-state index contributed by atoms with van der Waals surface area (Å²) >= 11 is 0.